The molecular weight excluding hydrogens is 452 g/mol. The van der Waals surface area contributed by atoms with Gasteiger partial charge in [0.05, 0.1) is 11.5 Å². The van der Waals surface area contributed by atoms with Gasteiger partial charge in [0.2, 0.25) is 15.7 Å². The van der Waals surface area contributed by atoms with E-state index in [-0.39, 0.29) is 41.7 Å². The van der Waals surface area contributed by atoms with Crippen molar-refractivity contribution < 1.29 is 22.7 Å². The molecule has 1 aromatic heterocycles. The predicted octanol–water partition coefficient (Wildman–Crippen LogP) is 3.88. The Balaban J connectivity index is 1.96. The number of amides is 1. The Morgan fingerprint density at radius 1 is 1.09 bits per heavy atom. The molecule has 0 atom stereocenters. The van der Waals surface area contributed by atoms with E-state index in [4.69, 9.17) is 16.3 Å². The molecule has 0 aliphatic heterocycles. The van der Waals surface area contributed by atoms with Gasteiger partial charge < -0.3 is 15.0 Å². The predicted molar refractivity (Wildman–Crippen MR) is 123 cm³/mol. The van der Waals surface area contributed by atoms with Gasteiger partial charge in [0, 0.05) is 28.0 Å². The van der Waals surface area contributed by atoms with Crippen LogP contribution in [0.2, 0.25) is 5.02 Å². The lowest BCUT2D eigenvalue weighted by Gasteiger charge is -2.10. The summed E-state index contributed by atoms with van der Waals surface area (Å²) in [4.78, 5) is 27.1. The van der Waals surface area contributed by atoms with Crippen LogP contribution in [-0.4, -0.2) is 38.4 Å². The summed E-state index contributed by atoms with van der Waals surface area (Å²) < 4.78 is 32.1. The number of aryl methyl sites for hydroxylation is 3. The first-order chi connectivity index (χ1) is 15.1. The van der Waals surface area contributed by atoms with Gasteiger partial charge in [0.25, 0.3) is 0 Å². The van der Waals surface area contributed by atoms with Gasteiger partial charge in [-0.3, -0.25) is 9.59 Å². The van der Waals surface area contributed by atoms with Crippen molar-refractivity contribution in [2.45, 2.75) is 43.4 Å². The number of rotatable bonds is 8. The number of carbonyl (C=O) groups excluding carboxylic acids is 2. The molecular formula is C23H25ClN2O5S. The van der Waals surface area contributed by atoms with Crippen molar-refractivity contribution in [2.75, 3.05) is 13.2 Å². The highest BCUT2D eigenvalue weighted by Crippen LogP contribution is 2.34. The van der Waals surface area contributed by atoms with E-state index in [1.807, 2.05) is 19.9 Å². The number of hydrogen-bond acceptors (Lipinski definition) is 5. The highest BCUT2D eigenvalue weighted by atomic mass is 35.5. The number of esters is 1. The molecule has 3 aromatic rings. The molecule has 0 saturated heterocycles. The first-order valence-electron chi connectivity index (χ1n) is 10.2. The summed E-state index contributed by atoms with van der Waals surface area (Å²) in [5.41, 5.74) is 2.69. The zero-order valence-electron chi connectivity index (χ0n) is 18.1. The van der Waals surface area contributed by atoms with Crippen LogP contribution in [-0.2, 0) is 30.6 Å². The molecule has 0 unspecified atom stereocenters. The van der Waals surface area contributed by atoms with Gasteiger partial charge >= 0.3 is 5.97 Å². The SMILES string of the molecule is CCOC(=O)CNC(=O)CCc1[nH]c2ccc(Cl)cc2c1S(=O)(=O)c1cc(C)cc(C)c1. The molecule has 0 fully saturated rings. The quantitative estimate of drug-likeness (QED) is 0.480. The fourth-order valence-corrected chi connectivity index (χ4v) is 5.62. The van der Waals surface area contributed by atoms with Crippen molar-refractivity contribution in [1.29, 1.82) is 0 Å². The zero-order valence-corrected chi connectivity index (χ0v) is 19.7. The van der Waals surface area contributed by atoms with Crippen molar-refractivity contribution >= 4 is 44.2 Å². The van der Waals surface area contributed by atoms with E-state index in [2.05, 4.69) is 10.3 Å². The first-order valence-corrected chi connectivity index (χ1v) is 12.0. The molecule has 0 bridgehead atoms. The third-order valence-corrected chi connectivity index (χ3v) is 6.99. The molecule has 1 heterocycles. The summed E-state index contributed by atoms with van der Waals surface area (Å²) in [7, 11) is -3.89. The number of aromatic nitrogens is 1. The second kappa shape index (κ2) is 9.75. The van der Waals surface area contributed by atoms with Gasteiger partial charge in [0.1, 0.15) is 11.4 Å². The van der Waals surface area contributed by atoms with Crippen molar-refractivity contribution in [3.63, 3.8) is 0 Å². The summed E-state index contributed by atoms with van der Waals surface area (Å²) >= 11 is 6.15. The van der Waals surface area contributed by atoms with Gasteiger partial charge in [-0.15, -0.1) is 0 Å². The van der Waals surface area contributed by atoms with Crippen LogP contribution in [0.3, 0.4) is 0 Å². The van der Waals surface area contributed by atoms with Crippen molar-refractivity contribution in [3.8, 4) is 0 Å². The van der Waals surface area contributed by atoms with E-state index in [0.29, 0.717) is 21.6 Å². The number of benzene rings is 2. The molecule has 0 aliphatic carbocycles. The highest BCUT2D eigenvalue weighted by molar-refractivity contribution is 7.91. The van der Waals surface area contributed by atoms with Crippen LogP contribution in [0, 0.1) is 13.8 Å². The van der Waals surface area contributed by atoms with Crippen molar-refractivity contribution in [3.05, 3.63) is 58.2 Å². The molecule has 7 nitrogen and oxygen atoms in total. The van der Waals surface area contributed by atoms with Gasteiger partial charge in [-0.05, 0) is 68.7 Å². The summed E-state index contributed by atoms with van der Waals surface area (Å²) in [6, 6.07) is 10.1. The maximum atomic E-state index is 13.7. The van der Waals surface area contributed by atoms with Gasteiger partial charge in [0.15, 0.2) is 0 Å². The number of halogens is 1. The van der Waals surface area contributed by atoms with Crippen molar-refractivity contribution in [2.24, 2.45) is 0 Å². The molecule has 0 radical (unpaired) electrons. The lowest BCUT2D eigenvalue weighted by Crippen LogP contribution is -2.30. The molecule has 170 valence electrons. The van der Waals surface area contributed by atoms with Gasteiger partial charge in [-0.25, -0.2) is 8.42 Å². The summed E-state index contributed by atoms with van der Waals surface area (Å²) in [5, 5.41) is 3.37. The zero-order chi connectivity index (χ0) is 23.5. The van der Waals surface area contributed by atoms with Gasteiger partial charge in [-0.2, -0.15) is 0 Å². The Bertz CT molecular complexity index is 1260. The highest BCUT2D eigenvalue weighted by Gasteiger charge is 2.27. The van der Waals surface area contributed by atoms with E-state index >= 15 is 0 Å². The molecule has 9 heteroatoms. The van der Waals surface area contributed by atoms with Crippen LogP contribution in [0.4, 0.5) is 0 Å². The Morgan fingerprint density at radius 2 is 1.78 bits per heavy atom. The average Bonchev–Trinajstić information content (AvgIpc) is 3.08. The standard InChI is InChI=1S/C23H25ClN2O5S/c1-4-31-22(28)13-25-21(27)8-7-20-23(18-12-16(24)5-6-19(18)26-20)32(29,30)17-10-14(2)9-15(3)11-17/h5-6,9-12,26H,4,7-8,13H2,1-3H3,(H,25,27). The number of nitrogens with one attached hydrogen (secondary N) is 2. The van der Waals surface area contributed by atoms with Crippen LogP contribution in [0.5, 0.6) is 0 Å². The number of hydrogen-bond donors (Lipinski definition) is 2. The topological polar surface area (TPSA) is 105 Å². The van der Waals surface area contributed by atoms with Crippen LogP contribution < -0.4 is 5.32 Å². The Labute approximate surface area is 192 Å². The summed E-state index contributed by atoms with van der Waals surface area (Å²) in [5.74, 6) is -0.913. The fraction of sp³-hybridized carbons (Fsp3) is 0.304. The maximum absolute atomic E-state index is 13.7. The minimum Gasteiger partial charge on any atom is -0.465 e. The van der Waals surface area contributed by atoms with Crippen molar-refractivity contribution in [1.82, 2.24) is 10.3 Å². The maximum Gasteiger partial charge on any atom is 0.325 e. The average molecular weight is 477 g/mol. The monoisotopic (exact) mass is 476 g/mol. The van der Waals surface area contributed by atoms with Gasteiger partial charge in [-0.1, -0.05) is 17.7 Å². The second-order valence-corrected chi connectivity index (χ2v) is 9.85. The van der Waals surface area contributed by atoms with E-state index in [0.717, 1.165) is 11.1 Å². The second-order valence-electron chi connectivity index (χ2n) is 7.53. The normalized spacial score (nSPS) is 11.5. The summed E-state index contributed by atoms with van der Waals surface area (Å²) in [6.07, 6.45) is 0.135. The van der Waals surface area contributed by atoms with E-state index in [1.165, 1.54) is 0 Å². The van der Waals surface area contributed by atoms with E-state index < -0.39 is 15.8 Å². The number of ether oxygens (including phenoxy) is 1. The Kier molecular flexibility index (Phi) is 7.26. The van der Waals surface area contributed by atoms with E-state index in [9.17, 15) is 18.0 Å². The molecule has 3 rings (SSSR count). The largest absolute Gasteiger partial charge is 0.465 e. The third kappa shape index (κ3) is 5.31. The molecule has 0 aliphatic rings. The third-order valence-electron chi connectivity index (χ3n) is 4.90. The van der Waals surface area contributed by atoms with Crippen LogP contribution >= 0.6 is 11.6 Å². The smallest absolute Gasteiger partial charge is 0.325 e. The van der Waals surface area contributed by atoms with Crippen LogP contribution in [0.25, 0.3) is 10.9 Å². The lowest BCUT2D eigenvalue weighted by molar-refractivity contribution is -0.143. The van der Waals surface area contributed by atoms with E-state index in [1.54, 1.807) is 37.3 Å². The fourth-order valence-electron chi connectivity index (χ4n) is 3.59. The number of H-pyrrole nitrogens is 1. The molecule has 1 amide bonds. The first kappa shape index (κ1) is 23.8. The summed E-state index contributed by atoms with van der Waals surface area (Å²) in [6.45, 7) is 5.36. The minimum absolute atomic E-state index is 0.00464. The number of sulfone groups is 1. The lowest BCUT2D eigenvalue weighted by atomic mass is 10.2. The molecule has 2 aromatic carbocycles. The minimum atomic E-state index is -3.89. The molecule has 0 saturated carbocycles. The number of aromatic amines is 1. The molecule has 0 spiro atoms. The van der Waals surface area contributed by atoms with Crippen LogP contribution in [0.15, 0.2) is 46.2 Å². The Morgan fingerprint density at radius 3 is 2.44 bits per heavy atom. The molecule has 2 N–H and O–H groups in total. The molecule has 32 heavy (non-hydrogen) atoms. The number of fused-ring (bicyclic) bond motifs is 1. The number of carbonyl (C=O) groups is 2. The van der Waals surface area contributed by atoms with Crippen LogP contribution in [0.1, 0.15) is 30.2 Å². The Hall–Kier alpha value is -2.84.